The van der Waals surface area contributed by atoms with Crippen molar-refractivity contribution in [3.8, 4) is 0 Å². The number of thioether (sulfide) groups is 1. The fraction of sp³-hybridized carbons (Fsp3) is 0.846. The lowest BCUT2D eigenvalue weighted by Crippen LogP contribution is -2.50. The first kappa shape index (κ1) is 17.1. The van der Waals surface area contributed by atoms with E-state index in [1.165, 1.54) is 0 Å². The van der Waals surface area contributed by atoms with Gasteiger partial charge in [-0.05, 0) is 44.6 Å². The van der Waals surface area contributed by atoms with Crippen molar-refractivity contribution in [3.63, 3.8) is 0 Å². The number of nitrogens with two attached hydrogens (primary N) is 1. The van der Waals surface area contributed by atoms with Gasteiger partial charge >= 0.3 is 6.03 Å². The van der Waals surface area contributed by atoms with Crippen LogP contribution in [0.5, 0.6) is 0 Å². The van der Waals surface area contributed by atoms with E-state index >= 15 is 0 Å². The van der Waals surface area contributed by atoms with Gasteiger partial charge in [-0.1, -0.05) is 0 Å². The molecule has 1 aliphatic rings. The average molecular weight is 303 g/mol. The summed E-state index contributed by atoms with van der Waals surface area (Å²) in [6, 6.07) is -1.24. The summed E-state index contributed by atoms with van der Waals surface area (Å²) in [4.78, 5) is 25.2. The number of urea groups is 1. The third kappa shape index (κ3) is 5.58. The predicted molar refractivity (Wildman–Crippen MR) is 80.6 cm³/mol. The fourth-order valence-corrected chi connectivity index (χ4v) is 2.84. The highest BCUT2D eigenvalue weighted by atomic mass is 32.2. The minimum atomic E-state index is -0.707. The van der Waals surface area contributed by atoms with Crippen LogP contribution in [0.15, 0.2) is 0 Å². The van der Waals surface area contributed by atoms with Gasteiger partial charge in [-0.25, -0.2) is 4.79 Å². The summed E-state index contributed by atoms with van der Waals surface area (Å²) in [5.41, 5.74) is 4.43. The van der Waals surface area contributed by atoms with Crippen LogP contribution in [0.1, 0.15) is 32.6 Å². The van der Waals surface area contributed by atoms with Crippen LogP contribution in [0.2, 0.25) is 0 Å². The van der Waals surface area contributed by atoms with Gasteiger partial charge in [0, 0.05) is 13.1 Å². The zero-order chi connectivity index (χ0) is 15.2. The molecule has 1 fully saturated rings. The van der Waals surface area contributed by atoms with Crippen molar-refractivity contribution < 1.29 is 14.7 Å². The maximum atomic E-state index is 12.5. The molecule has 116 valence electrons. The highest BCUT2D eigenvalue weighted by Gasteiger charge is 2.30. The van der Waals surface area contributed by atoms with E-state index in [4.69, 9.17) is 5.73 Å². The molecular weight excluding hydrogens is 278 g/mol. The normalized spacial score (nSPS) is 24.9. The van der Waals surface area contributed by atoms with Gasteiger partial charge in [0.15, 0.2) is 0 Å². The molecule has 7 heteroatoms. The summed E-state index contributed by atoms with van der Waals surface area (Å²) in [6.07, 6.45) is 4.54. The molecule has 1 rings (SSSR count). The van der Waals surface area contributed by atoms with E-state index in [-0.39, 0.29) is 5.91 Å². The lowest BCUT2D eigenvalue weighted by Gasteiger charge is -2.27. The van der Waals surface area contributed by atoms with E-state index in [1.54, 1.807) is 23.6 Å². The monoisotopic (exact) mass is 303 g/mol. The minimum Gasteiger partial charge on any atom is -0.390 e. The third-order valence-corrected chi connectivity index (χ3v) is 4.24. The highest BCUT2D eigenvalue weighted by Crippen LogP contribution is 2.22. The number of aliphatic hydroxyl groups is 1. The predicted octanol–water partition coefficient (Wildman–Crippen LogP) is 0.540. The second-order valence-corrected chi connectivity index (χ2v) is 6.50. The molecule has 2 atom stereocenters. The first-order chi connectivity index (χ1) is 9.35. The second-order valence-electron chi connectivity index (χ2n) is 5.52. The van der Waals surface area contributed by atoms with Crippen molar-refractivity contribution in [1.82, 2.24) is 10.2 Å². The lowest BCUT2D eigenvalue weighted by atomic mass is 9.98. The van der Waals surface area contributed by atoms with E-state index in [9.17, 15) is 14.7 Å². The Balaban J connectivity index is 2.65. The van der Waals surface area contributed by atoms with Crippen molar-refractivity contribution >= 4 is 23.7 Å². The summed E-state index contributed by atoms with van der Waals surface area (Å²) in [5, 5.41) is 12.6. The van der Waals surface area contributed by atoms with Gasteiger partial charge in [-0.15, -0.1) is 0 Å². The molecule has 1 aliphatic heterocycles. The van der Waals surface area contributed by atoms with Crippen LogP contribution in [-0.4, -0.2) is 58.7 Å². The second kappa shape index (κ2) is 7.73. The molecule has 2 unspecified atom stereocenters. The van der Waals surface area contributed by atoms with Gasteiger partial charge in [-0.2, -0.15) is 11.8 Å². The molecule has 0 aromatic heterocycles. The molecule has 1 saturated heterocycles. The van der Waals surface area contributed by atoms with Crippen molar-refractivity contribution in [2.75, 3.05) is 25.1 Å². The molecule has 0 aromatic carbocycles. The number of nitrogens with one attached hydrogen (secondary N) is 1. The number of primary amides is 1. The summed E-state index contributed by atoms with van der Waals surface area (Å²) >= 11 is 1.62. The van der Waals surface area contributed by atoms with Gasteiger partial charge in [0.1, 0.15) is 6.04 Å². The fourth-order valence-electron chi connectivity index (χ4n) is 2.37. The van der Waals surface area contributed by atoms with Crippen LogP contribution in [0.3, 0.4) is 0 Å². The number of carbonyl (C=O) groups excluding carboxylic acids is 2. The molecule has 0 aromatic rings. The average Bonchev–Trinajstić information content (AvgIpc) is 2.54. The van der Waals surface area contributed by atoms with Gasteiger partial charge < -0.3 is 21.1 Å². The van der Waals surface area contributed by atoms with Crippen LogP contribution < -0.4 is 11.1 Å². The Morgan fingerprint density at radius 3 is 2.75 bits per heavy atom. The topological polar surface area (TPSA) is 95.7 Å². The Kier molecular flexibility index (Phi) is 6.61. The molecule has 3 amide bonds. The Morgan fingerprint density at radius 1 is 1.45 bits per heavy atom. The number of hydrogen-bond donors (Lipinski definition) is 3. The van der Waals surface area contributed by atoms with Crippen molar-refractivity contribution in [2.45, 2.75) is 44.2 Å². The lowest BCUT2D eigenvalue weighted by molar-refractivity contribution is -0.133. The van der Waals surface area contributed by atoms with Crippen LogP contribution in [-0.2, 0) is 4.79 Å². The number of likely N-dealkylation sites (tertiary alicyclic amines) is 1. The summed E-state index contributed by atoms with van der Waals surface area (Å²) in [7, 11) is 0. The molecular formula is C13H25N3O3S. The van der Waals surface area contributed by atoms with E-state index < -0.39 is 17.7 Å². The zero-order valence-electron chi connectivity index (χ0n) is 12.2. The summed E-state index contributed by atoms with van der Waals surface area (Å²) in [6.45, 7) is 2.93. The first-order valence-electron chi connectivity index (χ1n) is 6.92. The highest BCUT2D eigenvalue weighted by molar-refractivity contribution is 7.98. The van der Waals surface area contributed by atoms with E-state index in [2.05, 4.69) is 5.32 Å². The maximum absolute atomic E-state index is 12.5. The number of hydrogen-bond acceptors (Lipinski definition) is 4. The first-order valence-corrected chi connectivity index (χ1v) is 8.31. The molecule has 0 radical (unpaired) electrons. The van der Waals surface area contributed by atoms with Crippen molar-refractivity contribution in [3.05, 3.63) is 0 Å². The van der Waals surface area contributed by atoms with E-state index in [0.717, 1.165) is 12.2 Å². The zero-order valence-corrected chi connectivity index (χ0v) is 13.0. The van der Waals surface area contributed by atoms with Crippen LogP contribution in [0.4, 0.5) is 4.79 Å². The Labute approximate surface area is 124 Å². The molecule has 0 saturated carbocycles. The number of carbonyl (C=O) groups is 2. The summed E-state index contributed by atoms with van der Waals surface area (Å²) < 4.78 is 0. The molecule has 1 heterocycles. The number of amides is 3. The van der Waals surface area contributed by atoms with Gasteiger partial charge in [-0.3, -0.25) is 4.79 Å². The molecule has 0 bridgehead atoms. The smallest absolute Gasteiger partial charge is 0.312 e. The van der Waals surface area contributed by atoms with Gasteiger partial charge in [0.05, 0.1) is 5.60 Å². The van der Waals surface area contributed by atoms with E-state index in [1.807, 2.05) is 6.26 Å². The standard InChI is InChI=1S/C13H25N3O3S/c1-13(19)5-3-7-16(8-6-13)11(17)10(4-9-20-2)15-12(14)18/h10,19H,3-9H2,1-2H3,(H3,14,15,18). The Hall–Kier alpha value is -0.950. The molecule has 0 aliphatic carbocycles. The number of rotatable bonds is 5. The van der Waals surface area contributed by atoms with Crippen molar-refractivity contribution in [2.24, 2.45) is 5.73 Å². The van der Waals surface area contributed by atoms with Crippen LogP contribution in [0.25, 0.3) is 0 Å². The Bertz CT molecular complexity index is 350. The maximum Gasteiger partial charge on any atom is 0.312 e. The molecule has 0 spiro atoms. The summed E-state index contributed by atoms with van der Waals surface area (Å²) in [5.74, 6) is 0.679. The SMILES string of the molecule is CSCCC(NC(N)=O)C(=O)N1CCCC(C)(O)CC1. The van der Waals surface area contributed by atoms with E-state index in [0.29, 0.717) is 32.4 Å². The quantitative estimate of drug-likeness (QED) is 0.691. The van der Waals surface area contributed by atoms with Crippen molar-refractivity contribution in [1.29, 1.82) is 0 Å². The number of nitrogens with zero attached hydrogens (tertiary/aromatic N) is 1. The molecule has 6 nitrogen and oxygen atoms in total. The minimum absolute atomic E-state index is 0.101. The molecule has 4 N–H and O–H groups in total. The third-order valence-electron chi connectivity index (χ3n) is 3.60. The molecule has 20 heavy (non-hydrogen) atoms. The largest absolute Gasteiger partial charge is 0.390 e. The van der Waals surface area contributed by atoms with Crippen LogP contribution >= 0.6 is 11.8 Å². The Morgan fingerprint density at radius 2 is 2.15 bits per heavy atom. The van der Waals surface area contributed by atoms with Gasteiger partial charge in [0.2, 0.25) is 5.91 Å². The van der Waals surface area contributed by atoms with Gasteiger partial charge in [0.25, 0.3) is 0 Å². The van der Waals surface area contributed by atoms with Crippen LogP contribution in [0, 0.1) is 0 Å².